The van der Waals surface area contributed by atoms with Gasteiger partial charge in [0.25, 0.3) is 0 Å². The van der Waals surface area contributed by atoms with E-state index >= 15 is 0 Å². The van der Waals surface area contributed by atoms with Crippen molar-refractivity contribution in [1.82, 2.24) is 15.1 Å². The molecular formula is C16H21N3O. The number of benzene rings is 1. The maximum atomic E-state index is 5.48. The van der Waals surface area contributed by atoms with E-state index in [0.29, 0.717) is 0 Å². The third-order valence-corrected chi connectivity index (χ3v) is 3.64. The van der Waals surface area contributed by atoms with Crippen molar-refractivity contribution in [2.24, 2.45) is 7.05 Å². The minimum Gasteiger partial charge on any atom is -0.372 e. The summed E-state index contributed by atoms with van der Waals surface area (Å²) in [4.78, 5) is 0. The van der Waals surface area contributed by atoms with Crippen molar-refractivity contribution in [3.05, 3.63) is 41.1 Å². The van der Waals surface area contributed by atoms with E-state index in [2.05, 4.69) is 41.7 Å². The molecule has 0 saturated heterocycles. The Kier molecular flexibility index (Phi) is 3.85. The Balaban J connectivity index is 1.89. The van der Waals surface area contributed by atoms with E-state index in [-0.39, 0.29) is 0 Å². The minimum absolute atomic E-state index is 0.722. The van der Waals surface area contributed by atoms with Crippen LogP contribution in [0.15, 0.2) is 24.4 Å². The van der Waals surface area contributed by atoms with Gasteiger partial charge in [0.05, 0.1) is 18.9 Å². The van der Waals surface area contributed by atoms with Crippen molar-refractivity contribution in [1.29, 1.82) is 0 Å². The Morgan fingerprint density at radius 2 is 2.15 bits per heavy atom. The van der Waals surface area contributed by atoms with Crippen molar-refractivity contribution in [3.63, 3.8) is 0 Å². The molecule has 4 nitrogen and oxygen atoms in total. The summed E-state index contributed by atoms with van der Waals surface area (Å²) >= 11 is 0. The fraction of sp³-hybridized carbons (Fsp3) is 0.438. The van der Waals surface area contributed by atoms with Crippen LogP contribution in [0.3, 0.4) is 0 Å². The minimum atomic E-state index is 0.722. The molecule has 20 heavy (non-hydrogen) atoms. The van der Waals surface area contributed by atoms with Crippen molar-refractivity contribution in [2.45, 2.75) is 33.1 Å². The molecule has 1 aliphatic rings. The second kappa shape index (κ2) is 5.77. The fourth-order valence-electron chi connectivity index (χ4n) is 2.63. The van der Waals surface area contributed by atoms with E-state index in [4.69, 9.17) is 4.74 Å². The van der Waals surface area contributed by atoms with Gasteiger partial charge in [0.2, 0.25) is 0 Å². The molecule has 0 radical (unpaired) electrons. The van der Waals surface area contributed by atoms with Gasteiger partial charge < -0.3 is 10.1 Å². The summed E-state index contributed by atoms with van der Waals surface area (Å²) in [6, 6.07) is 6.53. The van der Waals surface area contributed by atoms with Gasteiger partial charge in [0.15, 0.2) is 0 Å². The second-order valence-corrected chi connectivity index (χ2v) is 5.33. The lowest BCUT2D eigenvalue weighted by Crippen LogP contribution is -2.13. The predicted molar refractivity (Wildman–Crippen MR) is 79.1 cm³/mol. The smallest absolute Gasteiger partial charge is 0.0968 e. The van der Waals surface area contributed by atoms with Crippen LogP contribution in [0.5, 0.6) is 0 Å². The zero-order chi connectivity index (χ0) is 13.9. The topological polar surface area (TPSA) is 39.1 Å². The molecule has 0 bridgehead atoms. The third kappa shape index (κ3) is 2.62. The zero-order valence-electron chi connectivity index (χ0n) is 12.1. The van der Waals surface area contributed by atoms with Crippen molar-refractivity contribution >= 4 is 0 Å². The number of hydrogen-bond donors (Lipinski definition) is 1. The Labute approximate surface area is 119 Å². The molecule has 106 valence electrons. The van der Waals surface area contributed by atoms with E-state index in [1.807, 2.05) is 11.7 Å². The summed E-state index contributed by atoms with van der Waals surface area (Å²) in [6.07, 6.45) is 3.24. The highest BCUT2D eigenvalue weighted by molar-refractivity contribution is 5.64. The van der Waals surface area contributed by atoms with Crippen LogP contribution in [0.25, 0.3) is 11.3 Å². The number of nitrogens with zero attached hydrogens (tertiary/aromatic N) is 2. The van der Waals surface area contributed by atoms with E-state index in [0.717, 1.165) is 38.4 Å². The number of hydrogen-bond acceptors (Lipinski definition) is 3. The first-order chi connectivity index (χ1) is 9.78. The lowest BCUT2D eigenvalue weighted by atomic mass is 10.0. The number of aromatic nitrogens is 2. The van der Waals surface area contributed by atoms with Crippen LogP contribution < -0.4 is 5.32 Å². The van der Waals surface area contributed by atoms with E-state index < -0.39 is 0 Å². The summed E-state index contributed by atoms with van der Waals surface area (Å²) in [6.45, 7) is 5.54. The molecule has 4 heteroatoms. The van der Waals surface area contributed by atoms with Gasteiger partial charge in [-0.2, -0.15) is 5.10 Å². The standard InChI is InChI=1S/C16H21N3O/c1-3-6-17-8-15-9-19(2)18-16(15)12-4-5-13-10-20-11-14(13)7-12/h4-5,7,9,17H,3,6,8,10-11H2,1-2H3. The highest BCUT2D eigenvalue weighted by Gasteiger charge is 2.15. The third-order valence-electron chi connectivity index (χ3n) is 3.64. The van der Waals surface area contributed by atoms with Crippen LogP contribution in [-0.2, 0) is 31.5 Å². The van der Waals surface area contributed by atoms with Gasteiger partial charge in [-0.05, 0) is 30.2 Å². The van der Waals surface area contributed by atoms with Gasteiger partial charge in [-0.1, -0.05) is 19.1 Å². The maximum Gasteiger partial charge on any atom is 0.0968 e. The van der Waals surface area contributed by atoms with Gasteiger partial charge in [-0.25, -0.2) is 0 Å². The number of rotatable bonds is 5. The van der Waals surface area contributed by atoms with Crippen LogP contribution in [-0.4, -0.2) is 16.3 Å². The number of fused-ring (bicyclic) bond motifs is 1. The molecule has 0 atom stereocenters. The predicted octanol–water partition coefficient (Wildman–Crippen LogP) is 2.62. The Bertz CT molecular complexity index is 604. The van der Waals surface area contributed by atoms with Gasteiger partial charge in [0.1, 0.15) is 0 Å². The Morgan fingerprint density at radius 1 is 1.30 bits per heavy atom. The summed E-state index contributed by atoms with van der Waals surface area (Å²) in [5.41, 5.74) is 6.10. The molecule has 1 N–H and O–H groups in total. The molecule has 0 amide bonds. The Hall–Kier alpha value is -1.65. The molecule has 1 aromatic heterocycles. The van der Waals surface area contributed by atoms with Crippen molar-refractivity contribution in [2.75, 3.05) is 6.54 Å². The van der Waals surface area contributed by atoms with Gasteiger partial charge in [-0.3, -0.25) is 4.68 Å². The summed E-state index contributed by atoms with van der Waals surface area (Å²) in [5.74, 6) is 0. The van der Waals surface area contributed by atoms with Crippen LogP contribution in [0.4, 0.5) is 0 Å². The summed E-state index contributed by atoms with van der Waals surface area (Å²) < 4.78 is 7.37. The number of aryl methyl sites for hydroxylation is 1. The molecule has 3 rings (SSSR count). The summed E-state index contributed by atoms with van der Waals surface area (Å²) in [5, 5.41) is 8.07. The number of nitrogens with one attached hydrogen (secondary N) is 1. The molecule has 0 saturated carbocycles. The average Bonchev–Trinajstić information content (AvgIpc) is 3.04. The van der Waals surface area contributed by atoms with E-state index in [1.54, 1.807) is 0 Å². The van der Waals surface area contributed by atoms with Gasteiger partial charge in [0, 0.05) is 30.9 Å². The highest BCUT2D eigenvalue weighted by Crippen LogP contribution is 2.28. The molecule has 0 aliphatic carbocycles. The fourth-order valence-corrected chi connectivity index (χ4v) is 2.63. The lowest BCUT2D eigenvalue weighted by Gasteiger charge is -2.05. The first-order valence-electron chi connectivity index (χ1n) is 7.21. The maximum absolute atomic E-state index is 5.48. The SMILES string of the molecule is CCCNCc1cn(C)nc1-c1ccc2c(c1)COC2. The van der Waals surface area contributed by atoms with E-state index in [1.165, 1.54) is 22.3 Å². The monoisotopic (exact) mass is 271 g/mol. The average molecular weight is 271 g/mol. The Morgan fingerprint density at radius 3 is 3.00 bits per heavy atom. The first-order valence-corrected chi connectivity index (χ1v) is 7.21. The molecule has 0 unspecified atom stereocenters. The highest BCUT2D eigenvalue weighted by atomic mass is 16.5. The molecular weight excluding hydrogens is 250 g/mol. The molecule has 1 aliphatic heterocycles. The van der Waals surface area contributed by atoms with Crippen LogP contribution in [0.1, 0.15) is 30.0 Å². The molecule has 2 aromatic rings. The largest absolute Gasteiger partial charge is 0.372 e. The molecule has 1 aromatic carbocycles. The van der Waals surface area contributed by atoms with Crippen LogP contribution >= 0.6 is 0 Å². The van der Waals surface area contributed by atoms with Crippen LogP contribution in [0.2, 0.25) is 0 Å². The molecule has 0 fully saturated rings. The number of ether oxygens (including phenoxy) is 1. The van der Waals surface area contributed by atoms with E-state index in [9.17, 15) is 0 Å². The second-order valence-electron chi connectivity index (χ2n) is 5.33. The zero-order valence-corrected chi connectivity index (χ0v) is 12.1. The summed E-state index contributed by atoms with van der Waals surface area (Å²) in [7, 11) is 1.98. The lowest BCUT2D eigenvalue weighted by molar-refractivity contribution is 0.134. The van der Waals surface area contributed by atoms with Crippen molar-refractivity contribution < 1.29 is 4.74 Å². The normalized spacial score (nSPS) is 13.7. The molecule has 2 heterocycles. The van der Waals surface area contributed by atoms with Gasteiger partial charge >= 0.3 is 0 Å². The van der Waals surface area contributed by atoms with Gasteiger partial charge in [-0.15, -0.1) is 0 Å². The molecule has 0 spiro atoms. The van der Waals surface area contributed by atoms with Crippen LogP contribution in [0, 0.1) is 0 Å². The van der Waals surface area contributed by atoms with Crippen molar-refractivity contribution in [3.8, 4) is 11.3 Å². The first kappa shape index (κ1) is 13.3. The quantitative estimate of drug-likeness (QED) is 0.850.